The predicted molar refractivity (Wildman–Crippen MR) is 92.6 cm³/mol. The molecule has 3 rings (SSSR count). The maximum absolute atomic E-state index is 12.5. The van der Waals surface area contributed by atoms with E-state index < -0.39 is 11.7 Å². The Balaban J connectivity index is 1.92. The van der Waals surface area contributed by atoms with Crippen molar-refractivity contribution in [1.29, 1.82) is 0 Å². The van der Waals surface area contributed by atoms with Gasteiger partial charge >= 0.3 is 0 Å². The van der Waals surface area contributed by atoms with E-state index in [1.807, 2.05) is 6.92 Å². The number of carbonyl (C=O) groups is 1. The largest absolute Gasteiger partial charge is 0.394 e. The first-order valence-electron chi connectivity index (χ1n) is 9.52. The lowest BCUT2D eigenvalue weighted by Gasteiger charge is -2.65. The highest BCUT2D eigenvalue weighted by Crippen LogP contribution is 2.64. The van der Waals surface area contributed by atoms with Gasteiger partial charge in [-0.2, -0.15) is 0 Å². The molecule has 0 aromatic heterocycles. The van der Waals surface area contributed by atoms with Crippen LogP contribution in [0, 0.1) is 22.7 Å². The summed E-state index contributed by atoms with van der Waals surface area (Å²) < 4.78 is 6.53. The van der Waals surface area contributed by atoms with Crippen LogP contribution in [0.2, 0.25) is 0 Å². The van der Waals surface area contributed by atoms with Crippen molar-refractivity contribution in [3.8, 4) is 0 Å². The van der Waals surface area contributed by atoms with Crippen LogP contribution in [0.1, 0.15) is 73.1 Å². The van der Waals surface area contributed by atoms with E-state index in [2.05, 4.69) is 27.7 Å². The summed E-state index contributed by atoms with van der Waals surface area (Å²) in [4.78, 5) is 12.5. The van der Waals surface area contributed by atoms with Crippen LogP contribution in [0.4, 0.5) is 0 Å². The van der Waals surface area contributed by atoms with Crippen LogP contribution >= 0.6 is 0 Å². The summed E-state index contributed by atoms with van der Waals surface area (Å²) in [5.74, 6) is 1.21. The Bertz CT molecular complexity index is 530. The molecule has 2 aliphatic carbocycles. The van der Waals surface area contributed by atoms with E-state index in [4.69, 9.17) is 4.74 Å². The standard InChI is InChI=1S/C20H34O4/c1-17(2)13-6-10-19(4)14(18(13,3)9-8-15(17)22)7-11-20(5,24-19)16(23)12-21/h13-14,16,21,23H,6-12H2,1-5H3/t13-,14+,16+,18-,19+,20-/m1/s1. The molecule has 1 heterocycles. The first-order valence-corrected chi connectivity index (χ1v) is 9.52. The molecule has 6 atom stereocenters. The van der Waals surface area contributed by atoms with Crippen LogP contribution in [0.25, 0.3) is 0 Å². The number of hydrogen-bond acceptors (Lipinski definition) is 4. The van der Waals surface area contributed by atoms with E-state index in [0.717, 1.165) is 32.1 Å². The van der Waals surface area contributed by atoms with Gasteiger partial charge in [-0.3, -0.25) is 4.79 Å². The molecule has 2 N–H and O–H groups in total. The number of aliphatic hydroxyl groups excluding tert-OH is 2. The fourth-order valence-corrected chi connectivity index (χ4v) is 6.51. The fourth-order valence-electron chi connectivity index (χ4n) is 6.51. The van der Waals surface area contributed by atoms with Crippen LogP contribution in [0.5, 0.6) is 0 Å². The van der Waals surface area contributed by atoms with E-state index in [0.29, 0.717) is 24.0 Å². The fraction of sp³-hybridized carbons (Fsp3) is 0.950. The van der Waals surface area contributed by atoms with Gasteiger partial charge in [-0.1, -0.05) is 20.8 Å². The molecule has 0 aromatic carbocycles. The Hall–Kier alpha value is -0.450. The molecular formula is C20H34O4. The molecule has 24 heavy (non-hydrogen) atoms. The minimum Gasteiger partial charge on any atom is -0.394 e. The summed E-state index contributed by atoms with van der Waals surface area (Å²) in [5.41, 5.74) is -1.11. The highest BCUT2D eigenvalue weighted by molar-refractivity contribution is 5.85. The molecule has 0 spiro atoms. The SMILES string of the molecule is CC1(C)C(=O)CC[C@]2(C)[C@@H]1CC[C@]1(C)O[C@@](C)([C@@H](O)CO)CC[C@@H]21. The van der Waals surface area contributed by atoms with Crippen LogP contribution in [-0.4, -0.2) is 39.9 Å². The zero-order chi connectivity index (χ0) is 18.0. The van der Waals surface area contributed by atoms with Crippen molar-refractivity contribution < 1.29 is 19.7 Å². The summed E-state index contributed by atoms with van der Waals surface area (Å²) in [7, 11) is 0. The Kier molecular flexibility index (Phi) is 4.22. The van der Waals surface area contributed by atoms with Crippen LogP contribution in [-0.2, 0) is 9.53 Å². The van der Waals surface area contributed by atoms with Crippen molar-refractivity contribution in [3.05, 3.63) is 0 Å². The van der Waals surface area contributed by atoms with Crippen LogP contribution < -0.4 is 0 Å². The van der Waals surface area contributed by atoms with E-state index in [-0.39, 0.29) is 23.0 Å². The second kappa shape index (κ2) is 5.52. The normalized spacial score (nSPS) is 49.2. The number of ketones is 1. The van der Waals surface area contributed by atoms with Gasteiger partial charge in [-0.05, 0) is 63.2 Å². The molecule has 3 fully saturated rings. The number of ether oxygens (including phenoxy) is 1. The molecule has 138 valence electrons. The highest BCUT2D eigenvalue weighted by atomic mass is 16.5. The number of aliphatic hydroxyl groups is 2. The minimum atomic E-state index is -0.842. The lowest BCUT2D eigenvalue weighted by molar-refractivity contribution is -0.285. The molecule has 2 saturated carbocycles. The third-order valence-electron chi connectivity index (χ3n) is 8.01. The second-order valence-electron chi connectivity index (χ2n) is 9.76. The van der Waals surface area contributed by atoms with E-state index in [1.165, 1.54) is 0 Å². The summed E-state index contributed by atoms with van der Waals surface area (Å²) in [6.07, 6.45) is 4.43. The lowest BCUT2D eigenvalue weighted by atomic mass is 9.44. The molecular weight excluding hydrogens is 304 g/mol. The van der Waals surface area contributed by atoms with Gasteiger partial charge in [-0.25, -0.2) is 0 Å². The first-order chi connectivity index (χ1) is 11.0. The Morgan fingerprint density at radius 2 is 1.71 bits per heavy atom. The average molecular weight is 338 g/mol. The molecule has 4 nitrogen and oxygen atoms in total. The summed E-state index contributed by atoms with van der Waals surface area (Å²) in [6, 6.07) is 0. The van der Waals surface area contributed by atoms with E-state index in [9.17, 15) is 15.0 Å². The molecule has 0 radical (unpaired) electrons. The molecule has 4 heteroatoms. The first kappa shape index (κ1) is 18.3. The number of rotatable bonds is 2. The molecule has 0 aromatic rings. The summed E-state index contributed by atoms with van der Waals surface area (Å²) in [6.45, 7) is 10.5. The van der Waals surface area contributed by atoms with Gasteiger partial charge in [0.05, 0.1) is 17.8 Å². The highest BCUT2D eigenvalue weighted by Gasteiger charge is 2.63. The zero-order valence-electron chi connectivity index (χ0n) is 15.9. The summed E-state index contributed by atoms with van der Waals surface area (Å²) >= 11 is 0. The second-order valence-corrected chi connectivity index (χ2v) is 9.76. The third-order valence-corrected chi connectivity index (χ3v) is 8.01. The predicted octanol–water partition coefficient (Wildman–Crippen LogP) is 3.09. The Labute approximate surface area is 146 Å². The monoisotopic (exact) mass is 338 g/mol. The van der Waals surface area contributed by atoms with Crippen molar-refractivity contribution in [1.82, 2.24) is 0 Å². The Morgan fingerprint density at radius 3 is 2.33 bits per heavy atom. The van der Waals surface area contributed by atoms with Crippen LogP contribution in [0.15, 0.2) is 0 Å². The molecule has 0 unspecified atom stereocenters. The topological polar surface area (TPSA) is 66.8 Å². The van der Waals surface area contributed by atoms with Crippen LogP contribution in [0.3, 0.4) is 0 Å². The van der Waals surface area contributed by atoms with Crippen molar-refractivity contribution >= 4 is 5.78 Å². The molecule has 1 saturated heterocycles. The van der Waals surface area contributed by atoms with Crippen molar-refractivity contribution in [2.75, 3.05) is 6.61 Å². The Morgan fingerprint density at radius 1 is 1.08 bits per heavy atom. The van der Waals surface area contributed by atoms with Gasteiger partial charge in [0.25, 0.3) is 0 Å². The van der Waals surface area contributed by atoms with E-state index in [1.54, 1.807) is 0 Å². The summed E-state index contributed by atoms with van der Waals surface area (Å²) in [5, 5.41) is 19.6. The molecule has 1 aliphatic heterocycles. The van der Waals surface area contributed by atoms with Crippen molar-refractivity contribution in [2.24, 2.45) is 22.7 Å². The van der Waals surface area contributed by atoms with Gasteiger partial charge in [0, 0.05) is 11.8 Å². The van der Waals surface area contributed by atoms with E-state index >= 15 is 0 Å². The third kappa shape index (κ3) is 2.40. The van der Waals surface area contributed by atoms with Crippen molar-refractivity contribution in [2.45, 2.75) is 90.4 Å². The number of Topliss-reactive ketones (excluding diaryl/α,β-unsaturated/α-hetero) is 1. The van der Waals surface area contributed by atoms with Gasteiger partial charge in [0.2, 0.25) is 0 Å². The van der Waals surface area contributed by atoms with Gasteiger partial charge in [0.15, 0.2) is 0 Å². The van der Waals surface area contributed by atoms with Gasteiger partial charge in [-0.15, -0.1) is 0 Å². The van der Waals surface area contributed by atoms with Gasteiger partial charge < -0.3 is 14.9 Å². The maximum atomic E-state index is 12.5. The lowest BCUT2D eigenvalue weighted by Crippen LogP contribution is -2.65. The molecule has 0 bridgehead atoms. The number of hydrogen-bond donors (Lipinski definition) is 2. The molecule has 0 amide bonds. The maximum Gasteiger partial charge on any atom is 0.138 e. The van der Waals surface area contributed by atoms with Crippen molar-refractivity contribution in [3.63, 3.8) is 0 Å². The smallest absolute Gasteiger partial charge is 0.138 e. The number of carbonyl (C=O) groups excluding carboxylic acids is 1. The van der Waals surface area contributed by atoms with Gasteiger partial charge in [0.1, 0.15) is 11.9 Å². The minimum absolute atomic E-state index is 0.107. The quantitative estimate of drug-likeness (QED) is 0.812. The molecule has 3 aliphatic rings. The number of fused-ring (bicyclic) bond motifs is 3. The zero-order valence-corrected chi connectivity index (χ0v) is 15.9. The average Bonchev–Trinajstić information content (AvgIpc) is 2.49.